The van der Waals surface area contributed by atoms with E-state index in [1.165, 1.54) is 34.1 Å². The number of nitrogens with zero attached hydrogens (tertiary/aromatic N) is 5. The summed E-state index contributed by atoms with van der Waals surface area (Å²) in [6.07, 6.45) is 5.68. The number of nitrogens with one attached hydrogen (secondary N) is 1. The van der Waals surface area contributed by atoms with Gasteiger partial charge in [-0.2, -0.15) is 0 Å². The molecular formula is C16H21FN6O2. The molecule has 8 nitrogen and oxygen atoms in total. The van der Waals surface area contributed by atoms with Crippen molar-refractivity contribution in [3.8, 4) is 5.69 Å². The number of halogens is 1. The number of carbonyl (C=O) groups excluding carboxylic acids is 1. The number of anilines is 1. The quantitative estimate of drug-likeness (QED) is 0.865. The summed E-state index contributed by atoms with van der Waals surface area (Å²) in [7, 11) is 1.69. The number of hydrogen-bond donors (Lipinski definition) is 1. The van der Waals surface area contributed by atoms with Gasteiger partial charge in [0.25, 0.3) is 0 Å². The van der Waals surface area contributed by atoms with Crippen molar-refractivity contribution in [3.63, 3.8) is 0 Å². The monoisotopic (exact) mass is 348 g/mol. The Labute approximate surface area is 145 Å². The van der Waals surface area contributed by atoms with Crippen LogP contribution in [0.2, 0.25) is 0 Å². The van der Waals surface area contributed by atoms with Crippen LogP contribution < -0.4 is 5.32 Å². The van der Waals surface area contributed by atoms with Gasteiger partial charge in [-0.05, 0) is 54.3 Å². The van der Waals surface area contributed by atoms with Gasteiger partial charge in [-0.25, -0.2) is 13.9 Å². The molecule has 134 valence electrons. The molecule has 1 N–H and O–H groups in total. The Morgan fingerprint density at radius 1 is 1.52 bits per heavy atom. The minimum Gasteiger partial charge on any atom is -0.378 e. The lowest BCUT2D eigenvalue weighted by Crippen LogP contribution is -2.32. The normalized spacial score (nSPS) is 16.8. The molecule has 2 heterocycles. The lowest BCUT2D eigenvalue weighted by molar-refractivity contribution is 0.101. The fourth-order valence-corrected chi connectivity index (χ4v) is 2.77. The van der Waals surface area contributed by atoms with Gasteiger partial charge in [-0.3, -0.25) is 0 Å². The van der Waals surface area contributed by atoms with Crippen LogP contribution in [0.1, 0.15) is 25.7 Å². The number of carbonyl (C=O) groups is 1. The molecule has 1 aromatic carbocycles. The fourth-order valence-electron chi connectivity index (χ4n) is 2.77. The van der Waals surface area contributed by atoms with Crippen LogP contribution in [0.3, 0.4) is 0 Å². The zero-order valence-electron chi connectivity index (χ0n) is 14.1. The third kappa shape index (κ3) is 4.50. The number of benzene rings is 1. The topological polar surface area (TPSA) is 85.2 Å². The second kappa shape index (κ2) is 8.02. The second-order valence-electron chi connectivity index (χ2n) is 6.05. The number of ether oxygens (including phenoxy) is 1. The molecule has 0 saturated carbocycles. The molecule has 0 bridgehead atoms. The molecule has 1 fully saturated rings. The zero-order chi connectivity index (χ0) is 17.6. The smallest absolute Gasteiger partial charge is 0.321 e. The van der Waals surface area contributed by atoms with E-state index in [4.69, 9.17) is 4.74 Å². The average molecular weight is 348 g/mol. The SMILES string of the molecule is CN(CCCC1CCCO1)C(=O)Nc1cc(-n2cnnn2)ccc1F. The van der Waals surface area contributed by atoms with E-state index in [1.54, 1.807) is 7.05 Å². The summed E-state index contributed by atoms with van der Waals surface area (Å²) in [5.41, 5.74) is 0.645. The molecule has 2 amide bonds. The Balaban J connectivity index is 1.55. The molecule has 1 aromatic heterocycles. The van der Waals surface area contributed by atoms with Gasteiger partial charge >= 0.3 is 6.03 Å². The van der Waals surface area contributed by atoms with Crippen molar-refractivity contribution in [2.45, 2.75) is 31.8 Å². The molecule has 1 atom stereocenters. The summed E-state index contributed by atoms with van der Waals surface area (Å²) in [5, 5.41) is 13.4. The summed E-state index contributed by atoms with van der Waals surface area (Å²) in [6, 6.07) is 3.93. The predicted molar refractivity (Wildman–Crippen MR) is 89.0 cm³/mol. The van der Waals surface area contributed by atoms with Crippen molar-refractivity contribution in [1.29, 1.82) is 0 Å². The maximum atomic E-state index is 14.0. The van der Waals surface area contributed by atoms with Gasteiger partial charge in [-0.15, -0.1) is 5.10 Å². The Kier molecular flexibility index (Phi) is 5.54. The van der Waals surface area contributed by atoms with Gasteiger partial charge in [0.2, 0.25) is 0 Å². The van der Waals surface area contributed by atoms with Crippen LogP contribution in [0.4, 0.5) is 14.9 Å². The third-order valence-corrected chi connectivity index (χ3v) is 4.20. The summed E-state index contributed by atoms with van der Waals surface area (Å²) in [6.45, 7) is 1.41. The van der Waals surface area contributed by atoms with Crippen LogP contribution in [-0.4, -0.2) is 57.4 Å². The highest BCUT2D eigenvalue weighted by Crippen LogP contribution is 2.19. The molecule has 1 aliphatic rings. The molecule has 9 heteroatoms. The third-order valence-electron chi connectivity index (χ3n) is 4.20. The van der Waals surface area contributed by atoms with E-state index in [9.17, 15) is 9.18 Å². The molecule has 2 aromatic rings. The van der Waals surface area contributed by atoms with Gasteiger partial charge < -0.3 is 15.0 Å². The van der Waals surface area contributed by atoms with Crippen LogP contribution in [-0.2, 0) is 4.74 Å². The van der Waals surface area contributed by atoms with Gasteiger partial charge in [0, 0.05) is 20.2 Å². The molecule has 0 radical (unpaired) electrons. The maximum Gasteiger partial charge on any atom is 0.321 e. The maximum absolute atomic E-state index is 14.0. The van der Waals surface area contributed by atoms with E-state index in [-0.39, 0.29) is 11.7 Å². The van der Waals surface area contributed by atoms with Crippen molar-refractivity contribution >= 4 is 11.7 Å². The van der Waals surface area contributed by atoms with E-state index >= 15 is 0 Å². The molecule has 0 aliphatic carbocycles. The largest absolute Gasteiger partial charge is 0.378 e. The van der Waals surface area contributed by atoms with Crippen LogP contribution in [0.5, 0.6) is 0 Å². The van der Waals surface area contributed by atoms with Crippen molar-refractivity contribution in [2.75, 3.05) is 25.5 Å². The molecule has 3 rings (SSSR count). The van der Waals surface area contributed by atoms with E-state index < -0.39 is 5.82 Å². The number of rotatable bonds is 6. The van der Waals surface area contributed by atoms with Gasteiger partial charge in [0.15, 0.2) is 0 Å². The van der Waals surface area contributed by atoms with Crippen molar-refractivity contribution in [1.82, 2.24) is 25.1 Å². The predicted octanol–water partition coefficient (Wildman–Crippen LogP) is 2.22. The van der Waals surface area contributed by atoms with Crippen molar-refractivity contribution in [3.05, 3.63) is 30.3 Å². The van der Waals surface area contributed by atoms with E-state index in [0.29, 0.717) is 18.3 Å². The number of amides is 2. The first-order valence-electron chi connectivity index (χ1n) is 8.30. The van der Waals surface area contributed by atoms with Crippen molar-refractivity contribution in [2.24, 2.45) is 0 Å². The molecule has 1 unspecified atom stereocenters. The average Bonchev–Trinajstić information content (AvgIpc) is 3.30. The molecule has 0 spiro atoms. The highest BCUT2D eigenvalue weighted by Gasteiger charge is 2.17. The Bertz CT molecular complexity index is 703. The zero-order valence-corrected chi connectivity index (χ0v) is 14.1. The molecular weight excluding hydrogens is 327 g/mol. The number of tetrazole rings is 1. The lowest BCUT2D eigenvalue weighted by Gasteiger charge is -2.19. The Morgan fingerprint density at radius 2 is 2.40 bits per heavy atom. The van der Waals surface area contributed by atoms with Gasteiger partial charge in [0.05, 0.1) is 17.5 Å². The number of urea groups is 1. The first-order chi connectivity index (χ1) is 12.1. The summed E-state index contributed by atoms with van der Waals surface area (Å²) < 4.78 is 20.9. The number of hydrogen-bond acceptors (Lipinski definition) is 5. The summed E-state index contributed by atoms with van der Waals surface area (Å²) in [5.74, 6) is -0.516. The van der Waals surface area contributed by atoms with Crippen molar-refractivity contribution < 1.29 is 13.9 Å². The molecule has 25 heavy (non-hydrogen) atoms. The number of aromatic nitrogens is 4. The minimum atomic E-state index is -0.516. The van der Waals surface area contributed by atoms with Gasteiger partial charge in [-0.1, -0.05) is 0 Å². The van der Waals surface area contributed by atoms with Crippen LogP contribution in [0.25, 0.3) is 5.69 Å². The fraction of sp³-hybridized carbons (Fsp3) is 0.500. The van der Waals surface area contributed by atoms with Crippen LogP contribution in [0, 0.1) is 5.82 Å². The Morgan fingerprint density at radius 3 is 3.12 bits per heavy atom. The van der Waals surface area contributed by atoms with E-state index in [0.717, 1.165) is 32.3 Å². The van der Waals surface area contributed by atoms with E-state index in [1.807, 2.05) is 0 Å². The second-order valence-corrected chi connectivity index (χ2v) is 6.05. The minimum absolute atomic E-state index is 0.0870. The lowest BCUT2D eigenvalue weighted by atomic mass is 10.1. The molecule has 1 aliphatic heterocycles. The Hall–Kier alpha value is -2.55. The van der Waals surface area contributed by atoms with Crippen LogP contribution >= 0.6 is 0 Å². The first kappa shape index (κ1) is 17.3. The highest BCUT2D eigenvalue weighted by molar-refractivity contribution is 5.89. The first-order valence-corrected chi connectivity index (χ1v) is 8.30. The summed E-state index contributed by atoms with van der Waals surface area (Å²) in [4.78, 5) is 13.8. The van der Waals surface area contributed by atoms with Gasteiger partial charge in [0.1, 0.15) is 12.1 Å². The highest BCUT2D eigenvalue weighted by atomic mass is 19.1. The summed E-state index contributed by atoms with van der Waals surface area (Å²) >= 11 is 0. The van der Waals surface area contributed by atoms with E-state index in [2.05, 4.69) is 20.8 Å². The molecule has 1 saturated heterocycles. The standard InChI is InChI=1S/C16H21FN6O2/c1-22(8-2-4-13-5-3-9-25-13)16(24)19-15-10-12(6-7-14(15)17)23-11-18-20-21-23/h6-7,10-11,13H,2-5,8-9H2,1H3,(H,19,24). The van der Waals surface area contributed by atoms with Crippen LogP contribution in [0.15, 0.2) is 24.5 Å².